The van der Waals surface area contributed by atoms with Crippen LogP contribution in [-0.4, -0.2) is 15.9 Å². The van der Waals surface area contributed by atoms with Crippen molar-refractivity contribution in [1.29, 1.82) is 0 Å². The van der Waals surface area contributed by atoms with Crippen LogP contribution in [0.25, 0.3) is 0 Å². The van der Waals surface area contributed by atoms with Gasteiger partial charge < -0.3 is 5.32 Å². The van der Waals surface area contributed by atoms with E-state index < -0.39 is 6.04 Å². The van der Waals surface area contributed by atoms with Gasteiger partial charge >= 0.3 is 0 Å². The fraction of sp³-hybridized carbons (Fsp3) is 0.130. The van der Waals surface area contributed by atoms with E-state index in [1.54, 1.807) is 4.90 Å². The van der Waals surface area contributed by atoms with Crippen molar-refractivity contribution in [3.05, 3.63) is 107 Å². The second-order valence-corrected chi connectivity index (χ2v) is 7.08. The average molecular weight is 372 g/mol. The minimum atomic E-state index is -0.410. The SMILES string of the molecule is O=C1C(c2ccc(Cc3ccccc3)cc2)NC(=S)N1Cc1ccccc1. The molecule has 4 rings (SSSR count). The molecule has 1 fully saturated rings. The fourth-order valence-corrected chi connectivity index (χ4v) is 3.59. The van der Waals surface area contributed by atoms with Gasteiger partial charge in [0.05, 0.1) is 6.54 Å². The summed E-state index contributed by atoms with van der Waals surface area (Å²) in [6.45, 7) is 0.494. The number of carbonyl (C=O) groups is 1. The normalized spacial score (nSPS) is 16.4. The third-order valence-corrected chi connectivity index (χ3v) is 5.11. The van der Waals surface area contributed by atoms with Gasteiger partial charge in [0, 0.05) is 0 Å². The number of amides is 1. The van der Waals surface area contributed by atoms with Crippen molar-refractivity contribution < 1.29 is 4.79 Å². The molecule has 1 unspecified atom stereocenters. The topological polar surface area (TPSA) is 32.3 Å². The zero-order valence-corrected chi connectivity index (χ0v) is 15.7. The lowest BCUT2D eigenvalue weighted by atomic mass is 10.0. The first-order valence-corrected chi connectivity index (χ1v) is 9.40. The van der Waals surface area contributed by atoms with Gasteiger partial charge in [0.1, 0.15) is 6.04 Å². The first-order valence-electron chi connectivity index (χ1n) is 8.99. The second-order valence-electron chi connectivity index (χ2n) is 6.70. The number of thiocarbonyl (C=S) groups is 1. The van der Waals surface area contributed by atoms with E-state index in [0.717, 1.165) is 17.5 Å². The van der Waals surface area contributed by atoms with Gasteiger partial charge in [-0.05, 0) is 40.9 Å². The third kappa shape index (κ3) is 3.91. The summed E-state index contributed by atoms with van der Waals surface area (Å²) in [7, 11) is 0. The second kappa shape index (κ2) is 7.72. The highest BCUT2D eigenvalue weighted by molar-refractivity contribution is 7.80. The van der Waals surface area contributed by atoms with Gasteiger partial charge in [-0.25, -0.2) is 0 Å². The van der Waals surface area contributed by atoms with Crippen LogP contribution >= 0.6 is 12.2 Å². The third-order valence-electron chi connectivity index (χ3n) is 4.77. The molecule has 0 aromatic heterocycles. The van der Waals surface area contributed by atoms with Crippen LogP contribution in [0, 0.1) is 0 Å². The molecular formula is C23H20N2OS. The molecule has 1 heterocycles. The molecule has 0 spiro atoms. The Balaban J connectivity index is 1.47. The number of benzene rings is 3. The van der Waals surface area contributed by atoms with Crippen molar-refractivity contribution in [3.63, 3.8) is 0 Å². The first kappa shape index (κ1) is 17.4. The van der Waals surface area contributed by atoms with Crippen LogP contribution in [-0.2, 0) is 17.8 Å². The highest BCUT2D eigenvalue weighted by Gasteiger charge is 2.36. The van der Waals surface area contributed by atoms with Gasteiger partial charge in [0.15, 0.2) is 5.11 Å². The molecule has 3 nitrogen and oxygen atoms in total. The molecule has 4 heteroatoms. The Morgan fingerprint density at radius 3 is 1.96 bits per heavy atom. The lowest BCUT2D eigenvalue weighted by Crippen LogP contribution is -2.30. The maximum Gasteiger partial charge on any atom is 0.256 e. The Morgan fingerprint density at radius 1 is 0.778 bits per heavy atom. The van der Waals surface area contributed by atoms with Crippen molar-refractivity contribution >= 4 is 23.2 Å². The summed E-state index contributed by atoms with van der Waals surface area (Å²) in [5.41, 5.74) is 4.50. The van der Waals surface area contributed by atoms with E-state index in [4.69, 9.17) is 12.2 Å². The predicted molar refractivity (Wildman–Crippen MR) is 111 cm³/mol. The molecule has 1 N–H and O–H groups in total. The summed E-state index contributed by atoms with van der Waals surface area (Å²) in [4.78, 5) is 14.5. The van der Waals surface area contributed by atoms with Gasteiger partial charge in [-0.15, -0.1) is 0 Å². The fourth-order valence-electron chi connectivity index (χ4n) is 3.32. The first-order chi connectivity index (χ1) is 13.2. The highest BCUT2D eigenvalue weighted by Crippen LogP contribution is 2.24. The Hall–Kier alpha value is -2.98. The summed E-state index contributed by atoms with van der Waals surface area (Å²) in [6.07, 6.45) is 0.881. The van der Waals surface area contributed by atoms with E-state index in [0.29, 0.717) is 11.7 Å². The van der Waals surface area contributed by atoms with E-state index in [-0.39, 0.29) is 5.91 Å². The van der Waals surface area contributed by atoms with Crippen molar-refractivity contribution in [2.24, 2.45) is 0 Å². The van der Waals surface area contributed by atoms with Crippen molar-refractivity contribution in [1.82, 2.24) is 10.2 Å². The Morgan fingerprint density at radius 2 is 1.33 bits per heavy atom. The standard InChI is InChI=1S/C23H20N2OS/c26-22-21(24-23(27)25(22)16-19-9-5-2-6-10-19)20-13-11-18(12-14-20)15-17-7-3-1-4-8-17/h1-14,21H,15-16H2,(H,24,27). The molecule has 0 aliphatic carbocycles. The van der Waals surface area contributed by atoms with Gasteiger partial charge in [-0.3, -0.25) is 9.69 Å². The summed E-state index contributed by atoms with van der Waals surface area (Å²) in [5, 5.41) is 3.66. The van der Waals surface area contributed by atoms with E-state index in [2.05, 4.69) is 29.6 Å². The molecule has 3 aromatic rings. The molecule has 1 amide bonds. The Kier molecular flexibility index (Phi) is 4.99. The maximum absolute atomic E-state index is 12.9. The van der Waals surface area contributed by atoms with E-state index >= 15 is 0 Å². The summed E-state index contributed by atoms with van der Waals surface area (Å²) in [5.74, 6) is -0.000313. The molecule has 134 valence electrons. The molecule has 27 heavy (non-hydrogen) atoms. The van der Waals surface area contributed by atoms with Crippen LogP contribution in [0.3, 0.4) is 0 Å². The van der Waals surface area contributed by atoms with Gasteiger partial charge in [-0.2, -0.15) is 0 Å². The quantitative estimate of drug-likeness (QED) is 0.680. The summed E-state index contributed by atoms with van der Waals surface area (Å²) < 4.78 is 0. The van der Waals surface area contributed by atoms with Crippen LogP contribution in [0.15, 0.2) is 84.9 Å². The van der Waals surface area contributed by atoms with Gasteiger partial charge in [0.25, 0.3) is 5.91 Å². The highest BCUT2D eigenvalue weighted by atomic mass is 32.1. The average Bonchev–Trinajstić information content (AvgIpc) is 2.98. The van der Waals surface area contributed by atoms with E-state index in [1.807, 2.05) is 60.7 Å². The molecule has 0 bridgehead atoms. The predicted octanol–water partition coefficient (Wildman–Crippen LogP) is 4.24. The maximum atomic E-state index is 12.9. The smallest absolute Gasteiger partial charge is 0.256 e. The number of nitrogens with one attached hydrogen (secondary N) is 1. The van der Waals surface area contributed by atoms with E-state index in [9.17, 15) is 4.79 Å². The number of carbonyl (C=O) groups excluding carboxylic acids is 1. The molecule has 1 aliphatic rings. The summed E-state index contributed by atoms with van der Waals surface area (Å²) in [6, 6.07) is 28.1. The molecule has 1 atom stereocenters. The van der Waals surface area contributed by atoms with Gasteiger partial charge in [-0.1, -0.05) is 84.9 Å². The molecule has 3 aromatic carbocycles. The molecule has 0 radical (unpaired) electrons. The van der Waals surface area contributed by atoms with Crippen molar-refractivity contribution in [2.45, 2.75) is 19.0 Å². The van der Waals surface area contributed by atoms with Crippen LogP contribution in [0.2, 0.25) is 0 Å². The van der Waals surface area contributed by atoms with Crippen LogP contribution < -0.4 is 5.32 Å². The van der Waals surface area contributed by atoms with Crippen LogP contribution in [0.1, 0.15) is 28.3 Å². The van der Waals surface area contributed by atoms with Gasteiger partial charge in [0.2, 0.25) is 0 Å². The number of nitrogens with zero attached hydrogens (tertiary/aromatic N) is 1. The summed E-state index contributed by atoms with van der Waals surface area (Å²) >= 11 is 5.40. The van der Waals surface area contributed by atoms with Crippen molar-refractivity contribution in [3.8, 4) is 0 Å². The minimum Gasteiger partial charge on any atom is -0.347 e. The lowest BCUT2D eigenvalue weighted by molar-refractivity contribution is -0.127. The monoisotopic (exact) mass is 372 g/mol. The lowest BCUT2D eigenvalue weighted by Gasteiger charge is -2.15. The molecule has 1 aliphatic heterocycles. The number of rotatable bonds is 5. The Labute approximate surface area is 164 Å². The van der Waals surface area contributed by atoms with Crippen molar-refractivity contribution in [2.75, 3.05) is 0 Å². The molecule has 1 saturated heterocycles. The zero-order valence-electron chi connectivity index (χ0n) is 14.8. The minimum absolute atomic E-state index is 0.000313. The Bertz CT molecular complexity index is 939. The largest absolute Gasteiger partial charge is 0.347 e. The zero-order chi connectivity index (χ0) is 18.6. The van der Waals surface area contributed by atoms with Crippen LogP contribution in [0.4, 0.5) is 0 Å². The molecule has 0 saturated carbocycles. The van der Waals surface area contributed by atoms with Crippen LogP contribution in [0.5, 0.6) is 0 Å². The molecular weight excluding hydrogens is 352 g/mol. The van der Waals surface area contributed by atoms with E-state index in [1.165, 1.54) is 11.1 Å². The number of hydrogen-bond donors (Lipinski definition) is 1. The number of hydrogen-bond acceptors (Lipinski definition) is 2.